The molecule has 0 radical (unpaired) electrons. The fourth-order valence-corrected chi connectivity index (χ4v) is 3.21. The van der Waals surface area contributed by atoms with E-state index in [0.29, 0.717) is 13.1 Å². The molecular weight excluding hydrogens is 324 g/mol. The lowest BCUT2D eigenvalue weighted by Crippen LogP contribution is -2.41. The van der Waals surface area contributed by atoms with Crippen molar-refractivity contribution in [1.29, 1.82) is 0 Å². The molecule has 1 aromatic carbocycles. The summed E-state index contributed by atoms with van der Waals surface area (Å²) >= 11 is 1.67. The maximum atomic E-state index is 12.4. The fraction of sp³-hybridized carbons (Fsp3) is 0.333. The van der Waals surface area contributed by atoms with Crippen LogP contribution in [0.25, 0.3) is 0 Å². The monoisotopic (exact) mass is 346 g/mol. The molecule has 2 rings (SSSR count). The second-order valence-electron chi connectivity index (χ2n) is 5.55. The number of nitrogens with one attached hydrogen (secondary N) is 1. The van der Waals surface area contributed by atoms with Crippen molar-refractivity contribution in [1.82, 2.24) is 10.2 Å². The highest BCUT2D eigenvalue weighted by molar-refractivity contribution is 7.11. The third-order valence-electron chi connectivity index (χ3n) is 3.56. The molecule has 1 heterocycles. The summed E-state index contributed by atoms with van der Waals surface area (Å²) in [6, 6.07) is 13.8. The minimum absolute atomic E-state index is 0.0730. The number of carboxylic acid groups (broad SMARTS) is 1. The molecule has 0 unspecified atom stereocenters. The second kappa shape index (κ2) is 9.08. The molecule has 0 saturated carbocycles. The van der Waals surface area contributed by atoms with Crippen molar-refractivity contribution in [2.75, 3.05) is 13.1 Å². The minimum Gasteiger partial charge on any atom is -0.481 e. The van der Waals surface area contributed by atoms with Gasteiger partial charge in [0.15, 0.2) is 0 Å². The van der Waals surface area contributed by atoms with Crippen LogP contribution in [0.4, 0.5) is 4.79 Å². The van der Waals surface area contributed by atoms with E-state index < -0.39 is 5.97 Å². The molecule has 0 atom stereocenters. The van der Waals surface area contributed by atoms with E-state index in [9.17, 15) is 9.59 Å². The van der Waals surface area contributed by atoms with E-state index in [4.69, 9.17) is 5.11 Å². The lowest BCUT2D eigenvalue weighted by molar-refractivity contribution is -0.136. The Morgan fingerprint density at radius 2 is 1.92 bits per heavy atom. The summed E-state index contributed by atoms with van der Waals surface area (Å²) in [5, 5.41) is 11.4. The van der Waals surface area contributed by atoms with Gasteiger partial charge in [0, 0.05) is 22.8 Å². The number of carbonyl (C=O) groups excluding carboxylic acids is 1. The van der Waals surface area contributed by atoms with Crippen LogP contribution in [0.15, 0.2) is 42.5 Å². The van der Waals surface area contributed by atoms with Crippen LogP contribution in [0.1, 0.15) is 21.7 Å². The van der Waals surface area contributed by atoms with Crippen LogP contribution in [0.5, 0.6) is 0 Å². The number of nitrogens with zero attached hydrogens (tertiary/aromatic N) is 1. The number of rotatable bonds is 8. The van der Waals surface area contributed by atoms with Crippen LogP contribution in [-0.2, 0) is 17.8 Å². The number of benzene rings is 1. The van der Waals surface area contributed by atoms with E-state index in [1.165, 1.54) is 10.4 Å². The highest BCUT2D eigenvalue weighted by Gasteiger charge is 2.15. The van der Waals surface area contributed by atoms with Gasteiger partial charge in [0.05, 0.1) is 13.0 Å². The molecule has 1 aromatic heterocycles. The highest BCUT2D eigenvalue weighted by Crippen LogP contribution is 2.17. The van der Waals surface area contributed by atoms with Crippen molar-refractivity contribution in [3.63, 3.8) is 0 Å². The fourth-order valence-electron chi connectivity index (χ4n) is 2.31. The van der Waals surface area contributed by atoms with Crippen molar-refractivity contribution >= 4 is 23.3 Å². The van der Waals surface area contributed by atoms with Gasteiger partial charge in [0.2, 0.25) is 0 Å². The Labute approximate surface area is 145 Å². The zero-order chi connectivity index (χ0) is 17.4. The van der Waals surface area contributed by atoms with Gasteiger partial charge in [0.1, 0.15) is 0 Å². The Morgan fingerprint density at radius 1 is 1.17 bits per heavy atom. The highest BCUT2D eigenvalue weighted by atomic mass is 32.1. The number of carboxylic acids is 1. The van der Waals surface area contributed by atoms with E-state index in [1.54, 1.807) is 16.2 Å². The third kappa shape index (κ3) is 6.04. The van der Waals surface area contributed by atoms with Gasteiger partial charge in [-0.3, -0.25) is 4.79 Å². The van der Waals surface area contributed by atoms with Crippen LogP contribution in [0, 0.1) is 6.92 Å². The van der Waals surface area contributed by atoms with Gasteiger partial charge in [-0.15, -0.1) is 11.3 Å². The van der Waals surface area contributed by atoms with Crippen molar-refractivity contribution in [3.8, 4) is 0 Å². The standard InChI is InChI=1S/C18H22N2O3S/c1-14-7-8-16(24-14)13-20(18(23)19-11-9-17(21)22)12-10-15-5-3-2-4-6-15/h2-8H,9-13H2,1H3,(H,19,23)(H,21,22). The summed E-state index contributed by atoms with van der Waals surface area (Å²) in [5.74, 6) is -0.917. The van der Waals surface area contributed by atoms with Crippen molar-refractivity contribution in [3.05, 3.63) is 57.8 Å². The predicted octanol–water partition coefficient (Wildman–Crippen LogP) is 3.29. The summed E-state index contributed by atoms with van der Waals surface area (Å²) in [7, 11) is 0. The molecule has 128 valence electrons. The maximum Gasteiger partial charge on any atom is 0.317 e. The predicted molar refractivity (Wildman–Crippen MR) is 95.3 cm³/mol. The Hall–Kier alpha value is -2.34. The van der Waals surface area contributed by atoms with Crippen LogP contribution in [0.2, 0.25) is 0 Å². The molecule has 0 bridgehead atoms. The molecule has 0 spiro atoms. The largest absolute Gasteiger partial charge is 0.481 e. The van der Waals surface area contributed by atoms with Crippen molar-refractivity contribution in [2.24, 2.45) is 0 Å². The summed E-state index contributed by atoms with van der Waals surface area (Å²) in [5.41, 5.74) is 1.17. The Morgan fingerprint density at radius 3 is 2.54 bits per heavy atom. The zero-order valence-electron chi connectivity index (χ0n) is 13.7. The lowest BCUT2D eigenvalue weighted by atomic mass is 10.1. The van der Waals surface area contributed by atoms with Gasteiger partial charge in [-0.05, 0) is 31.0 Å². The Bertz CT molecular complexity index is 670. The number of hydrogen-bond acceptors (Lipinski definition) is 3. The molecule has 0 aliphatic rings. The van der Waals surface area contributed by atoms with Crippen LogP contribution < -0.4 is 5.32 Å². The van der Waals surface area contributed by atoms with Crippen LogP contribution >= 0.6 is 11.3 Å². The summed E-state index contributed by atoms with van der Waals surface area (Å²) in [6.45, 7) is 3.29. The van der Waals surface area contributed by atoms with E-state index in [0.717, 1.165) is 11.3 Å². The molecule has 0 aliphatic heterocycles. The van der Waals surface area contributed by atoms with E-state index >= 15 is 0 Å². The van der Waals surface area contributed by atoms with Gasteiger partial charge in [-0.1, -0.05) is 30.3 Å². The molecule has 24 heavy (non-hydrogen) atoms. The first-order valence-corrected chi connectivity index (χ1v) is 8.70. The van der Waals surface area contributed by atoms with Crippen LogP contribution in [0.3, 0.4) is 0 Å². The van der Waals surface area contributed by atoms with Gasteiger partial charge >= 0.3 is 12.0 Å². The number of aliphatic carboxylic acids is 1. The maximum absolute atomic E-state index is 12.4. The average Bonchev–Trinajstić information content (AvgIpc) is 2.97. The summed E-state index contributed by atoms with van der Waals surface area (Å²) < 4.78 is 0. The normalized spacial score (nSPS) is 10.4. The molecule has 2 amide bonds. The number of hydrogen-bond donors (Lipinski definition) is 2. The Balaban J connectivity index is 1.96. The van der Waals surface area contributed by atoms with E-state index in [-0.39, 0.29) is 19.0 Å². The SMILES string of the molecule is Cc1ccc(CN(CCc2ccccc2)C(=O)NCCC(=O)O)s1. The lowest BCUT2D eigenvalue weighted by Gasteiger charge is -2.22. The third-order valence-corrected chi connectivity index (χ3v) is 4.54. The van der Waals surface area contributed by atoms with Gasteiger partial charge < -0.3 is 15.3 Å². The van der Waals surface area contributed by atoms with Gasteiger partial charge in [0.25, 0.3) is 0 Å². The number of urea groups is 1. The van der Waals surface area contributed by atoms with Crippen molar-refractivity contribution in [2.45, 2.75) is 26.3 Å². The number of amides is 2. The molecular formula is C18H22N2O3S. The quantitative estimate of drug-likeness (QED) is 0.770. The average molecular weight is 346 g/mol. The second-order valence-corrected chi connectivity index (χ2v) is 6.92. The van der Waals surface area contributed by atoms with E-state index in [2.05, 4.69) is 5.32 Å². The zero-order valence-corrected chi connectivity index (χ0v) is 14.5. The van der Waals surface area contributed by atoms with Crippen molar-refractivity contribution < 1.29 is 14.7 Å². The molecule has 6 heteroatoms. The summed E-state index contributed by atoms with van der Waals surface area (Å²) in [6.07, 6.45) is 0.688. The number of aryl methyl sites for hydroxylation is 1. The summed E-state index contributed by atoms with van der Waals surface area (Å²) in [4.78, 5) is 27.0. The topological polar surface area (TPSA) is 69.6 Å². The van der Waals surface area contributed by atoms with Gasteiger partial charge in [-0.25, -0.2) is 4.79 Å². The van der Waals surface area contributed by atoms with Crippen LogP contribution in [-0.4, -0.2) is 35.1 Å². The molecule has 0 saturated heterocycles. The van der Waals surface area contributed by atoms with Gasteiger partial charge in [-0.2, -0.15) is 0 Å². The molecule has 0 aliphatic carbocycles. The minimum atomic E-state index is -0.917. The smallest absolute Gasteiger partial charge is 0.317 e. The Kier molecular flexibility index (Phi) is 6.81. The molecule has 5 nitrogen and oxygen atoms in total. The number of thiophene rings is 1. The number of carbonyl (C=O) groups is 2. The first-order chi connectivity index (χ1) is 11.5. The van der Waals surface area contributed by atoms with E-state index in [1.807, 2.05) is 49.4 Å². The first kappa shape index (κ1) is 18.0. The first-order valence-electron chi connectivity index (χ1n) is 7.88. The molecule has 2 N–H and O–H groups in total. The molecule has 2 aromatic rings. The molecule has 0 fully saturated rings.